The molecular formula is C17H24BrNO3. The molecule has 1 fully saturated rings. The van der Waals surface area contributed by atoms with Gasteiger partial charge < -0.3 is 14.4 Å². The Balaban J connectivity index is 2.01. The Hall–Kier alpha value is -1.07. The van der Waals surface area contributed by atoms with Crippen molar-refractivity contribution in [1.82, 2.24) is 4.90 Å². The van der Waals surface area contributed by atoms with Crippen LogP contribution in [0.4, 0.5) is 0 Å². The van der Waals surface area contributed by atoms with Crippen LogP contribution in [0.3, 0.4) is 0 Å². The molecule has 1 saturated carbocycles. The maximum Gasteiger partial charge on any atom is 0.253 e. The fraction of sp³-hybridized carbons (Fsp3) is 0.588. The maximum absolute atomic E-state index is 12.6. The summed E-state index contributed by atoms with van der Waals surface area (Å²) in [6, 6.07) is 5.87. The van der Waals surface area contributed by atoms with Crippen molar-refractivity contribution in [3.63, 3.8) is 0 Å². The molecule has 1 aliphatic carbocycles. The minimum Gasteiger partial charge on any atom is -0.490 e. The molecule has 1 amide bonds. The number of ether oxygens (including phenoxy) is 2. The largest absolute Gasteiger partial charge is 0.490 e. The first-order valence-corrected chi connectivity index (χ1v) is 8.61. The minimum atomic E-state index is 0.0797. The third kappa shape index (κ3) is 4.46. The van der Waals surface area contributed by atoms with E-state index in [9.17, 15) is 4.79 Å². The van der Waals surface area contributed by atoms with Crippen LogP contribution in [0.15, 0.2) is 22.7 Å². The molecular weight excluding hydrogens is 346 g/mol. The van der Waals surface area contributed by atoms with Crippen LogP contribution in [-0.4, -0.2) is 44.2 Å². The van der Waals surface area contributed by atoms with Crippen molar-refractivity contribution in [3.8, 4) is 5.75 Å². The maximum atomic E-state index is 12.6. The third-order valence-corrected chi connectivity index (χ3v) is 4.79. The van der Waals surface area contributed by atoms with E-state index >= 15 is 0 Å². The number of rotatable bonds is 6. The molecule has 4 nitrogen and oxygen atoms in total. The summed E-state index contributed by atoms with van der Waals surface area (Å²) in [6.07, 6.45) is 5.96. The van der Waals surface area contributed by atoms with Crippen LogP contribution >= 0.6 is 15.9 Å². The average Bonchev–Trinajstić information content (AvgIpc) is 2.56. The van der Waals surface area contributed by atoms with E-state index < -0.39 is 0 Å². The second kappa shape index (κ2) is 8.53. The molecule has 0 aliphatic heterocycles. The van der Waals surface area contributed by atoms with Crippen molar-refractivity contribution in [2.45, 2.75) is 38.1 Å². The van der Waals surface area contributed by atoms with Gasteiger partial charge in [0.1, 0.15) is 12.4 Å². The summed E-state index contributed by atoms with van der Waals surface area (Å²) in [7, 11) is 3.55. The molecule has 5 heteroatoms. The molecule has 0 aromatic heterocycles. The summed E-state index contributed by atoms with van der Waals surface area (Å²) in [4.78, 5) is 14.5. The highest BCUT2D eigenvalue weighted by atomic mass is 79.9. The summed E-state index contributed by atoms with van der Waals surface area (Å²) in [6.45, 7) is 1.03. The van der Waals surface area contributed by atoms with Gasteiger partial charge in [-0.05, 0) is 47.0 Å². The Bertz CT molecular complexity index is 501. The lowest BCUT2D eigenvalue weighted by atomic mass is 9.94. The van der Waals surface area contributed by atoms with Crippen LogP contribution in [-0.2, 0) is 4.74 Å². The van der Waals surface area contributed by atoms with E-state index in [4.69, 9.17) is 9.47 Å². The van der Waals surface area contributed by atoms with Gasteiger partial charge in [0.2, 0.25) is 0 Å². The zero-order chi connectivity index (χ0) is 15.9. The molecule has 1 aromatic rings. The lowest BCUT2D eigenvalue weighted by Gasteiger charge is -2.31. The van der Waals surface area contributed by atoms with Gasteiger partial charge in [0.05, 0.1) is 11.1 Å². The van der Waals surface area contributed by atoms with E-state index in [1.807, 2.05) is 30.1 Å². The van der Waals surface area contributed by atoms with Crippen molar-refractivity contribution in [2.75, 3.05) is 27.4 Å². The Morgan fingerprint density at radius 1 is 1.27 bits per heavy atom. The van der Waals surface area contributed by atoms with Crippen molar-refractivity contribution in [2.24, 2.45) is 0 Å². The summed E-state index contributed by atoms with van der Waals surface area (Å²) in [5.41, 5.74) is 0.694. The standard InChI is InChI=1S/C17H24BrNO3/c1-19(14-6-4-3-5-7-14)17(20)13-8-9-16(15(18)12-13)22-11-10-21-2/h8-9,12,14H,3-7,10-11H2,1-2H3. The van der Waals surface area contributed by atoms with Crippen molar-refractivity contribution >= 4 is 21.8 Å². The second-order valence-electron chi connectivity index (χ2n) is 5.69. The van der Waals surface area contributed by atoms with Gasteiger partial charge in [-0.2, -0.15) is 0 Å². The van der Waals surface area contributed by atoms with Gasteiger partial charge in [0, 0.05) is 25.8 Å². The first-order valence-electron chi connectivity index (χ1n) is 7.82. The van der Waals surface area contributed by atoms with Gasteiger partial charge in [0.15, 0.2) is 0 Å². The van der Waals surface area contributed by atoms with Crippen LogP contribution < -0.4 is 4.74 Å². The number of hydrogen-bond acceptors (Lipinski definition) is 3. The molecule has 0 radical (unpaired) electrons. The van der Waals surface area contributed by atoms with E-state index in [1.165, 1.54) is 19.3 Å². The number of nitrogens with zero attached hydrogens (tertiary/aromatic N) is 1. The van der Waals surface area contributed by atoms with E-state index in [2.05, 4.69) is 15.9 Å². The number of halogens is 1. The van der Waals surface area contributed by atoms with Crippen LogP contribution in [0.25, 0.3) is 0 Å². The lowest BCUT2D eigenvalue weighted by molar-refractivity contribution is 0.0696. The van der Waals surface area contributed by atoms with Crippen molar-refractivity contribution in [1.29, 1.82) is 0 Å². The van der Waals surface area contributed by atoms with Crippen molar-refractivity contribution in [3.05, 3.63) is 28.2 Å². The Morgan fingerprint density at radius 3 is 2.64 bits per heavy atom. The number of amides is 1. The van der Waals surface area contributed by atoms with Gasteiger partial charge in [-0.15, -0.1) is 0 Å². The summed E-state index contributed by atoms with van der Waals surface area (Å²) < 4.78 is 11.4. The molecule has 0 spiro atoms. The lowest BCUT2D eigenvalue weighted by Crippen LogP contribution is -2.38. The number of benzene rings is 1. The van der Waals surface area contributed by atoms with Gasteiger partial charge in [-0.1, -0.05) is 19.3 Å². The SMILES string of the molecule is COCCOc1ccc(C(=O)N(C)C2CCCCC2)cc1Br. The van der Waals surface area contributed by atoms with Gasteiger partial charge >= 0.3 is 0 Å². The van der Waals surface area contributed by atoms with E-state index in [0.717, 1.165) is 23.1 Å². The first kappa shape index (κ1) is 17.3. The molecule has 2 rings (SSSR count). The van der Waals surface area contributed by atoms with E-state index in [1.54, 1.807) is 7.11 Å². The van der Waals surface area contributed by atoms with Crippen LogP contribution in [0, 0.1) is 0 Å². The number of hydrogen-bond donors (Lipinski definition) is 0. The smallest absolute Gasteiger partial charge is 0.253 e. The fourth-order valence-electron chi connectivity index (χ4n) is 2.82. The predicted octanol–water partition coefficient (Wildman–Crippen LogP) is 3.88. The van der Waals surface area contributed by atoms with Gasteiger partial charge in [-0.3, -0.25) is 4.79 Å². The topological polar surface area (TPSA) is 38.8 Å². The molecule has 22 heavy (non-hydrogen) atoms. The van der Waals surface area contributed by atoms with Crippen LogP contribution in [0.1, 0.15) is 42.5 Å². The molecule has 122 valence electrons. The molecule has 0 N–H and O–H groups in total. The Labute approximate surface area is 140 Å². The highest BCUT2D eigenvalue weighted by Crippen LogP contribution is 2.28. The molecule has 1 aromatic carbocycles. The highest BCUT2D eigenvalue weighted by Gasteiger charge is 2.23. The van der Waals surface area contributed by atoms with E-state index in [0.29, 0.717) is 24.8 Å². The normalized spacial score (nSPS) is 15.6. The zero-order valence-corrected chi connectivity index (χ0v) is 14.9. The predicted molar refractivity (Wildman–Crippen MR) is 90.5 cm³/mol. The van der Waals surface area contributed by atoms with Crippen molar-refractivity contribution < 1.29 is 14.3 Å². The number of carbonyl (C=O) groups excluding carboxylic acids is 1. The molecule has 0 bridgehead atoms. The molecule has 0 unspecified atom stereocenters. The monoisotopic (exact) mass is 369 g/mol. The molecule has 1 aliphatic rings. The zero-order valence-electron chi connectivity index (χ0n) is 13.3. The summed E-state index contributed by atoms with van der Waals surface area (Å²) >= 11 is 3.48. The Kier molecular flexibility index (Phi) is 6.70. The fourth-order valence-corrected chi connectivity index (χ4v) is 3.32. The summed E-state index contributed by atoms with van der Waals surface area (Å²) in [5, 5.41) is 0. The molecule has 0 heterocycles. The average molecular weight is 370 g/mol. The minimum absolute atomic E-state index is 0.0797. The Morgan fingerprint density at radius 2 is 2.00 bits per heavy atom. The van der Waals surface area contributed by atoms with Gasteiger partial charge in [0.25, 0.3) is 5.91 Å². The molecule has 0 saturated heterocycles. The van der Waals surface area contributed by atoms with E-state index in [-0.39, 0.29) is 5.91 Å². The quantitative estimate of drug-likeness (QED) is 0.714. The molecule has 0 atom stereocenters. The first-order chi connectivity index (χ1) is 10.6. The second-order valence-corrected chi connectivity index (χ2v) is 6.55. The number of carbonyl (C=O) groups is 1. The highest BCUT2D eigenvalue weighted by molar-refractivity contribution is 9.10. The van der Waals surface area contributed by atoms with Crippen LogP contribution in [0.2, 0.25) is 0 Å². The number of methoxy groups -OCH3 is 1. The van der Waals surface area contributed by atoms with Crippen LogP contribution in [0.5, 0.6) is 5.75 Å². The third-order valence-electron chi connectivity index (χ3n) is 4.17. The van der Waals surface area contributed by atoms with Gasteiger partial charge in [-0.25, -0.2) is 0 Å². The summed E-state index contributed by atoms with van der Waals surface area (Å²) in [5.74, 6) is 0.810.